The average Bonchev–Trinajstić information content (AvgIpc) is 2.73. The minimum Gasteiger partial charge on any atom is -0.355 e. The van der Waals surface area contributed by atoms with Gasteiger partial charge in [0.2, 0.25) is 5.91 Å². The predicted octanol–water partition coefficient (Wildman–Crippen LogP) is 4.22. The van der Waals surface area contributed by atoms with Gasteiger partial charge in [0.15, 0.2) is 17.5 Å². The number of nitrogens with one attached hydrogen (secondary N) is 3. The number of para-hydroxylation sites is 2. The Balaban J connectivity index is 1.64. The van der Waals surface area contributed by atoms with Crippen molar-refractivity contribution in [2.24, 2.45) is 0 Å². The van der Waals surface area contributed by atoms with E-state index in [0.717, 1.165) is 11.8 Å². The summed E-state index contributed by atoms with van der Waals surface area (Å²) in [5, 5.41) is 7.61. The maximum absolute atomic E-state index is 13.6. The molecule has 3 aromatic carbocycles. The molecule has 0 radical (unpaired) electrons. The quantitative estimate of drug-likeness (QED) is 0.544. The number of amides is 2. The van der Waals surface area contributed by atoms with E-state index in [-0.39, 0.29) is 0 Å². The van der Waals surface area contributed by atoms with Crippen LogP contribution >= 0.6 is 0 Å². The van der Waals surface area contributed by atoms with Crippen molar-refractivity contribution in [3.05, 3.63) is 89.7 Å². The molecular weight excluding hydrogens is 383 g/mol. The van der Waals surface area contributed by atoms with E-state index in [2.05, 4.69) is 16.0 Å². The summed E-state index contributed by atoms with van der Waals surface area (Å²) in [5.74, 6) is -5.90. The number of benzene rings is 3. The second-order valence-electron chi connectivity index (χ2n) is 5.99. The van der Waals surface area contributed by atoms with Crippen molar-refractivity contribution in [2.45, 2.75) is 0 Å². The van der Waals surface area contributed by atoms with Gasteiger partial charge in [-0.05, 0) is 36.4 Å². The highest BCUT2D eigenvalue weighted by Crippen LogP contribution is 2.21. The molecule has 0 fully saturated rings. The molecule has 0 aromatic heterocycles. The van der Waals surface area contributed by atoms with Gasteiger partial charge in [0.25, 0.3) is 5.91 Å². The third kappa shape index (κ3) is 4.92. The molecule has 3 N–H and O–H groups in total. The minimum atomic E-state index is -1.69. The largest absolute Gasteiger partial charge is 0.355 e. The standard InChI is InChI=1S/C21H16F3N3O2/c22-15-10-11-17(20(24)19(15)23)27-18(28)12-25-21(29)14-8-4-5-9-16(14)26-13-6-2-1-3-7-13/h1-11,26H,12H2,(H,25,29)(H,27,28). The van der Waals surface area contributed by atoms with E-state index in [1.54, 1.807) is 24.3 Å². The Labute approximate surface area is 164 Å². The molecule has 0 heterocycles. The number of hydrogen-bond acceptors (Lipinski definition) is 3. The summed E-state index contributed by atoms with van der Waals surface area (Å²) in [4.78, 5) is 24.4. The molecule has 2 amide bonds. The summed E-state index contributed by atoms with van der Waals surface area (Å²) < 4.78 is 39.8. The van der Waals surface area contributed by atoms with Crippen LogP contribution in [-0.4, -0.2) is 18.4 Å². The van der Waals surface area contributed by atoms with Crippen LogP contribution in [0.2, 0.25) is 0 Å². The van der Waals surface area contributed by atoms with E-state index < -0.39 is 41.5 Å². The van der Waals surface area contributed by atoms with Crippen LogP contribution in [0.15, 0.2) is 66.7 Å². The maximum atomic E-state index is 13.6. The van der Waals surface area contributed by atoms with E-state index in [4.69, 9.17) is 0 Å². The summed E-state index contributed by atoms with van der Waals surface area (Å²) in [6, 6.07) is 17.5. The molecular formula is C21H16F3N3O2. The molecule has 3 aromatic rings. The molecule has 0 aliphatic carbocycles. The fourth-order valence-electron chi connectivity index (χ4n) is 2.54. The van der Waals surface area contributed by atoms with Crippen molar-refractivity contribution >= 4 is 28.9 Å². The monoisotopic (exact) mass is 399 g/mol. The summed E-state index contributed by atoms with van der Waals surface area (Å²) in [6.45, 7) is -0.489. The zero-order chi connectivity index (χ0) is 20.8. The number of hydrogen-bond donors (Lipinski definition) is 3. The molecule has 8 heteroatoms. The van der Waals surface area contributed by atoms with Crippen molar-refractivity contribution in [3.8, 4) is 0 Å². The van der Waals surface area contributed by atoms with Crippen molar-refractivity contribution in [2.75, 3.05) is 17.2 Å². The molecule has 0 bridgehead atoms. The van der Waals surface area contributed by atoms with Gasteiger partial charge >= 0.3 is 0 Å². The van der Waals surface area contributed by atoms with Crippen molar-refractivity contribution in [1.82, 2.24) is 5.32 Å². The van der Waals surface area contributed by atoms with E-state index >= 15 is 0 Å². The van der Waals surface area contributed by atoms with E-state index in [9.17, 15) is 22.8 Å². The first kappa shape index (κ1) is 19.9. The van der Waals surface area contributed by atoms with E-state index in [1.165, 1.54) is 0 Å². The van der Waals surface area contributed by atoms with E-state index in [0.29, 0.717) is 17.3 Å². The molecule has 0 unspecified atom stereocenters. The molecule has 29 heavy (non-hydrogen) atoms. The van der Waals surface area contributed by atoms with Crippen LogP contribution < -0.4 is 16.0 Å². The van der Waals surface area contributed by atoms with Crippen LogP contribution in [0.25, 0.3) is 0 Å². The number of rotatable bonds is 6. The maximum Gasteiger partial charge on any atom is 0.253 e. The van der Waals surface area contributed by atoms with Crippen molar-refractivity contribution < 1.29 is 22.8 Å². The lowest BCUT2D eigenvalue weighted by Crippen LogP contribution is -2.33. The van der Waals surface area contributed by atoms with Gasteiger partial charge < -0.3 is 16.0 Å². The molecule has 0 saturated carbocycles. The fraction of sp³-hybridized carbons (Fsp3) is 0.0476. The first-order valence-corrected chi connectivity index (χ1v) is 8.58. The summed E-state index contributed by atoms with van der Waals surface area (Å²) in [5.41, 5.74) is 1.08. The predicted molar refractivity (Wildman–Crippen MR) is 103 cm³/mol. The van der Waals surface area contributed by atoms with Crippen LogP contribution in [-0.2, 0) is 4.79 Å². The molecule has 5 nitrogen and oxygen atoms in total. The second-order valence-corrected chi connectivity index (χ2v) is 5.99. The van der Waals surface area contributed by atoms with E-state index in [1.807, 2.05) is 30.3 Å². The smallest absolute Gasteiger partial charge is 0.253 e. The molecule has 0 aliphatic rings. The highest BCUT2D eigenvalue weighted by atomic mass is 19.2. The van der Waals surface area contributed by atoms with Crippen molar-refractivity contribution in [1.29, 1.82) is 0 Å². The first-order valence-electron chi connectivity index (χ1n) is 8.58. The lowest BCUT2D eigenvalue weighted by Gasteiger charge is -2.12. The molecule has 148 valence electrons. The van der Waals surface area contributed by atoms with Gasteiger partial charge in [0.1, 0.15) is 0 Å². The highest BCUT2D eigenvalue weighted by Gasteiger charge is 2.16. The Morgan fingerprint density at radius 3 is 2.21 bits per heavy atom. The molecule has 0 saturated heterocycles. The van der Waals surface area contributed by atoms with Gasteiger partial charge in [-0.25, -0.2) is 13.2 Å². The van der Waals surface area contributed by atoms with Crippen LogP contribution in [0.4, 0.5) is 30.2 Å². The first-order chi connectivity index (χ1) is 14.0. The van der Waals surface area contributed by atoms with Gasteiger partial charge in [-0.3, -0.25) is 9.59 Å². The molecule has 0 atom stereocenters. The van der Waals surface area contributed by atoms with Crippen LogP contribution in [0.1, 0.15) is 10.4 Å². The number of carbonyl (C=O) groups is 2. The zero-order valence-electron chi connectivity index (χ0n) is 15.0. The van der Waals surface area contributed by atoms with Gasteiger partial charge in [0.05, 0.1) is 23.5 Å². The number of anilines is 3. The molecule has 0 aliphatic heterocycles. The van der Waals surface area contributed by atoms with Crippen molar-refractivity contribution in [3.63, 3.8) is 0 Å². The Bertz CT molecular complexity index is 1040. The number of carbonyl (C=O) groups excluding carboxylic acids is 2. The normalized spacial score (nSPS) is 10.3. The summed E-state index contributed by atoms with van der Waals surface area (Å²) in [7, 11) is 0. The third-order valence-corrected chi connectivity index (χ3v) is 3.94. The third-order valence-electron chi connectivity index (χ3n) is 3.94. The highest BCUT2D eigenvalue weighted by molar-refractivity contribution is 6.03. The number of halogens is 3. The molecule has 3 rings (SSSR count). The summed E-state index contributed by atoms with van der Waals surface area (Å²) in [6.07, 6.45) is 0. The topological polar surface area (TPSA) is 70.2 Å². The second kappa shape index (κ2) is 8.92. The fourth-order valence-corrected chi connectivity index (χ4v) is 2.54. The van der Waals surface area contributed by atoms with Gasteiger partial charge in [0, 0.05) is 5.69 Å². The minimum absolute atomic E-state index is 0.295. The van der Waals surface area contributed by atoms with Crippen LogP contribution in [0.3, 0.4) is 0 Å². The van der Waals surface area contributed by atoms with Gasteiger partial charge in [-0.15, -0.1) is 0 Å². The van der Waals surface area contributed by atoms with Crippen LogP contribution in [0.5, 0.6) is 0 Å². The Morgan fingerprint density at radius 2 is 1.45 bits per heavy atom. The van der Waals surface area contributed by atoms with Crippen LogP contribution in [0, 0.1) is 17.5 Å². The Hall–Kier alpha value is -3.81. The lowest BCUT2D eigenvalue weighted by atomic mass is 10.1. The Morgan fingerprint density at radius 1 is 0.759 bits per heavy atom. The zero-order valence-corrected chi connectivity index (χ0v) is 15.0. The lowest BCUT2D eigenvalue weighted by molar-refractivity contribution is -0.115. The molecule has 0 spiro atoms. The van der Waals surface area contributed by atoms with Gasteiger partial charge in [-0.1, -0.05) is 30.3 Å². The SMILES string of the molecule is O=C(CNC(=O)c1ccccc1Nc1ccccc1)Nc1ccc(F)c(F)c1F. The summed E-state index contributed by atoms with van der Waals surface area (Å²) >= 11 is 0. The Kier molecular flexibility index (Phi) is 6.13. The van der Waals surface area contributed by atoms with Gasteiger partial charge in [-0.2, -0.15) is 0 Å². The average molecular weight is 399 g/mol.